The molecule has 8 nitrogen and oxygen atoms in total. The first-order chi connectivity index (χ1) is 8.61. The third-order valence-electron chi connectivity index (χ3n) is 2.19. The van der Waals surface area contributed by atoms with Crippen LogP contribution in [0.2, 0.25) is 0 Å². The van der Waals surface area contributed by atoms with E-state index in [0.717, 1.165) is 11.0 Å². The minimum Gasteiger partial charge on any atom is -0.497 e. The molecule has 0 saturated carbocycles. The number of hydrogen-bond acceptors (Lipinski definition) is 6. The third kappa shape index (κ3) is 2.17. The molecule has 1 aromatic carbocycles. The lowest BCUT2D eigenvalue weighted by molar-refractivity contribution is -0.394. The lowest BCUT2D eigenvalue weighted by Crippen LogP contribution is -2.12. The Kier molecular flexibility index (Phi) is 3.00. The molecule has 1 heterocycles. The van der Waals surface area contributed by atoms with E-state index in [1.807, 2.05) is 0 Å². The monoisotopic (exact) mass is 248 g/mol. The van der Waals surface area contributed by atoms with Crippen molar-refractivity contribution in [3.63, 3.8) is 0 Å². The largest absolute Gasteiger partial charge is 0.497 e. The summed E-state index contributed by atoms with van der Waals surface area (Å²) in [6, 6.07) is 6.29. The van der Waals surface area contributed by atoms with Crippen molar-refractivity contribution in [3.05, 3.63) is 46.3 Å². The van der Waals surface area contributed by atoms with Gasteiger partial charge in [0.25, 0.3) is 5.91 Å². The van der Waals surface area contributed by atoms with Gasteiger partial charge in [-0.15, -0.1) is 4.68 Å². The second kappa shape index (κ2) is 4.62. The van der Waals surface area contributed by atoms with Crippen LogP contribution < -0.4 is 4.74 Å². The van der Waals surface area contributed by atoms with Crippen molar-refractivity contribution in [2.75, 3.05) is 7.11 Å². The van der Waals surface area contributed by atoms with Crippen molar-refractivity contribution >= 4 is 11.9 Å². The van der Waals surface area contributed by atoms with Crippen LogP contribution in [-0.4, -0.2) is 32.7 Å². The number of hydrogen-bond donors (Lipinski definition) is 0. The Labute approximate surface area is 101 Å². The molecule has 1 aromatic heterocycles. The molecule has 2 aromatic rings. The molecular weight excluding hydrogens is 240 g/mol. The fraction of sp³-hybridized carbons (Fsp3) is 0.100. The van der Waals surface area contributed by atoms with Gasteiger partial charge >= 0.3 is 5.95 Å². The molecule has 0 amide bonds. The summed E-state index contributed by atoms with van der Waals surface area (Å²) in [7, 11) is 1.51. The normalized spacial score (nSPS) is 10.1. The molecule has 0 aliphatic rings. The Balaban J connectivity index is 2.26. The molecular formula is C10H8N4O4. The van der Waals surface area contributed by atoms with E-state index in [1.165, 1.54) is 19.2 Å². The van der Waals surface area contributed by atoms with Crippen molar-refractivity contribution < 1.29 is 14.5 Å². The molecule has 0 N–H and O–H groups in total. The number of benzene rings is 1. The number of nitrogens with zero attached hydrogens (tertiary/aromatic N) is 4. The number of ether oxygens (including phenoxy) is 1. The van der Waals surface area contributed by atoms with Crippen LogP contribution in [0.25, 0.3) is 0 Å². The molecule has 0 radical (unpaired) electrons. The molecule has 0 aliphatic heterocycles. The van der Waals surface area contributed by atoms with Crippen LogP contribution in [0.3, 0.4) is 0 Å². The molecule has 0 unspecified atom stereocenters. The van der Waals surface area contributed by atoms with Gasteiger partial charge in [-0.1, -0.05) is 4.98 Å². The van der Waals surface area contributed by atoms with Gasteiger partial charge in [-0.2, -0.15) is 0 Å². The highest BCUT2D eigenvalue weighted by molar-refractivity contribution is 5.95. The molecule has 0 spiro atoms. The van der Waals surface area contributed by atoms with Crippen LogP contribution in [0.1, 0.15) is 10.4 Å². The molecule has 0 bridgehead atoms. The van der Waals surface area contributed by atoms with E-state index >= 15 is 0 Å². The first-order valence-electron chi connectivity index (χ1n) is 4.86. The number of rotatable bonds is 3. The van der Waals surface area contributed by atoms with Gasteiger partial charge in [0.1, 0.15) is 5.75 Å². The lowest BCUT2D eigenvalue weighted by Gasteiger charge is -2.00. The zero-order valence-corrected chi connectivity index (χ0v) is 9.31. The Morgan fingerprint density at radius 3 is 2.56 bits per heavy atom. The van der Waals surface area contributed by atoms with Crippen LogP contribution in [0, 0.1) is 10.1 Å². The van der Waals surface area contributed by atoms with E-state index in [4.69, 9.17) is 4.74 Å². The van der Waals surface area contributed by atoms with Crippen molar-refractivity contribution in [3.8, 4) is 5.75 Å². The second-order valence-corrected chi connectivity index (χ2v) is 3.28. The van der Waals surface area contributed by atoms with Gasteiger partial charge in [-0.05, 0) is 29.2 Å². The van der Waals surface area contributed by atoms with Gasteiger partial charge in [0, 0.05) is 10.7 Å². The van der Waals surface area contributed by atoms with Crippen LogP contribution in [0.5, 0.6) is 5.75 Å². The summed E-state index contributed by atoms with van der Waals surface area (Å²) < 4.78 is 5.77. The highest BCUT2D eigenvalue weighted by Gasteiger charge is 2.19. The first-order valence-corrected chi connectivity index (χ1v) is 4.86. The summed E-state index contributed by atoms with van der Waals surface area (Å²) in [5.41, 5.74) is 0.329. The van der Waals surface area contributed by atoms with Gasteiger partial charge in [0.15, 0.2) is 0 Å². The highest BCUT2D eigenvalue weighted by atomic mass is 16.6. The number of carbonyl (C=O) groups excluding carboxylic acids is 1. The summed E-state index contributed by atoms with van der Waals surface area (Å²) >= 11 is 0. The van der Waals surface area contributed by atoms with E-state index in [0.29, 0.717) is 11.3 Å². The van der Waals surface area contributed by atoms with Gasteiger partial charge in [0.05, 0.1) is 7.11 Å². The number of aromatic nitrogens is 3. The Hall–Kier alpha value is -2.77. The lowest BCUT2D eigenvalue weighted by atomic mass is 10.2. The van der Waals surface area contributed by atoms with Crippen molar-refractivity contribution in [2.45, 2.75) is 0 Å². The van der Waals surface area contributed by atoms with E-state index in [1.54, 1.807) is 12.1 Å². The van der Waals surface area contributed by atoms with Crippen LogP contribution in [0.15, 0.2) is 30.6 Å². The molecule has 2 rings (SSSR count). The van der Waals surface area contributed by atoms with Crippen molar-refractivity contribution in [1.29, 1.82) is 0 Å². The summed E-state index contributed by atoms with van der Waals surface area (Å²) in [6.45, 7) is 0. The summed E-state index contributed by atoms with van der Waals surface area (Å²) in [5, 5.41) is 13.9. The van der Waals surface area contributed by atoms with Gasteiger partial charge in [-0.3, -0.25) is 4.79 Å². The van der Waals surface area contributed by atoms with Crippen molar-refractivity contribution in [1.82, 2.24) is 14.8 Å². The predicted octanol–water partition coefficient (Wildman–Crippen LogP) is 0.883. The Bertz CT molecular complexity index is 590. The minimum atomic E-state index is -0.766. The molecule has 8 heteroatoms. The Morgan fingerprint density at radius 1 is 1.39 bits per heavy atom. The van der Waals surface area contributed by atoms with E-state index in [2.05, 4.69) is 10.1 Å². The number of carbonyl (C=O) groups is 1. The van der Waals surface area contributed by atoms with Gasteiger partial charge in [0.2, 0.25) is 6.33 Å². The molecule has 0 atom stereocenters. The first kappa shape index (κ1) is 11.7. The van der Waals surface area contributed by atoms with Gasteiger partial charge in [-0.25, -0.2) is 0 Å². The molecule has 0 fully saturated rings. The fourth-order valence-electron chi connectivity index (χ4n) is 1.30. The van der Waals surface area contributed by atoms with Gasteiger partial charge < -0.3 is 14.9 Å². The van der Waals surface area contributed by atoms with E-state index in [-0.39, 0.29) is 0 Å². The summed E-state index contributed by atoms with van der Waals surface area (Å²) in [4.78, 5) is 24.9. The zero-order chi connectivity index (χ0) is 13.1. The fourth-order valence-corrected chi connectivity index (χ4v) is 1.30. The number of nitro groups is 1. The number of methoxy groups -OCH3 is 1. The Morgan fingerprint density at radius 2 is 2.06 bits per heavy atom. The standard InChI is InChI=1S/C10H8N4O4/c1-18-8-4-2-7(3-5-8)9(15)13-6-11-10(12-13)14(16)17/h2-6H,1H3. The topological polar surface area (TPSA) is 100 Å². The highest BCUT2D eigenvalue weighted by Crippen LogP contribution is 2.12. The minimum absolute atomic E-state index is 0.329. The maximum absolute atomic E-state index is 11.9. The zero-order valence-electron chi connectivity index (χ0n) is 9.31. The van der Waals surface area contributed by atoms with Crippen LogP contribution in [0.4, 0.5) is 5.95 Å². The predicted molar refractivity (Wildman–Crippen MR) is 59.4 cm³/mol. The van der Waals surface area contributed by atoms with Crippen LogP contribution in [-0.2, 0) is 0 Å². The molecule has 92 valence electrons. The molecule has 18 heavy (non-hydrogen) atoms. The SMILES string of the molecule is COc1ccc(C(=O)n2cnc([N+](=O)[O-])n2)cc1. The maximum atomic E-state index is 11.9. The molecule has 0 saturated heterocycles. The van der Waals surface area contributed by atoms with E-state index in [9.17, 15) is 14.9 Å². The van der Waals surface area contributed by atoms with Crippen LogP contribution >= 0.6 is 0 Å². The summed E-state index contributed by atoms with van der Waals surface area (Å²) in [5.74, 6) is -0.508. The average Bonchev–Trinajstić information content (AvgIpc) is 2.88. The van der Waals surface area contributed by atoms with Crippen molar-refractivity contribution in [2.24, 2.45) is 0 Å². The summed E-state index contributed by atoms with van der Waals surface area (Å²) in [6.07, 6.45) is 1.00. The maximum Gasteiger partial charge on any atom is 0.491 e. The van der Waals surface area contributed by atoms with E-state index < -0.39 is 16.8 Å². The quantitative estimate of drug-likeness (QED) is 0.590. The molecule has 0 aliphatic carbocycles. The third-order valence-corrected chi connectivity index (χ3v) is 2.19. The second-order valence-electron chi connectivity index (χ2n) is 3.28. The smallest absolute Gasteiger partial charge is 0.491 e. The average molecular weight is 248 g/mol.